The SMILES string of the molecule is CC(C)N1CC(C2CCCCC2)N(C)C1=O. The van der Waals surface area contributed by atoms with E-state index in [1.54, 1.807) is 0 Å². The predicted molar refractivity (Wildman–Crippen MR) is 65.4 cm³/mol. The molecule has 0 aromatic rings. The standard InChI is InChI=1S/C13H24N2O/c1-10(2)15-9-12(14(3)13(15)16)11-7-5-4-6-8-11/h10-12H,4-9H2,1-3H3. The predicted octanol–water partition coefficient (Wildman–Crippen LogP) is 2.71. The van der Waals surface area contributed by atoms with Crippen LogP contribution in [0.5, 0.6) is 0 Å². The maximum atomic E-state index is 12.1. The maximum absolute atomic E-state index is 12.1. The van der Waals surface area contributed by atoms with E-state index < -0.39 is 0 Å². The lowest BCUT2D eigenvalue weighted by Crippen LogP contribution is -2.37. The van der Waals surface area contributed by atoms with Crippen LogP contribution in [0.4, 0.5) is 4.79 Å². The molecule has 2 aliphatic rings. The Morgan fingerprint density at radius 1 is 1.19 bits per heavy atom. The molecular weight excluding hydrogens is 200 g/mol. The van der Waals surface area contributed by atoms with Crippen LogP contribution >= 0.6 is 0 Å². The Hall–Kier alpha value is -0.730. The number of hydrogen-bond acceptors (Lipinski definition) is 1. The van der Waals surface area contributed by atoms with Crippen molar-refractivity contribution in [3.05, 3.63) is 0 Å². The second-order valence-corrected chi connectivity index (χ2v) is 5.61. The van der Waals surface area contributed by atoms with Crippen LogP contribution in [0.2, 0.25) is 0 Å². The first-order valence-corrected chi connectivity index (χ1v) is 6.64. The molecule has 1 saturated carbocycles. The van der Waals surface area contributed by atoms with Crippen LogP contribution in [0.25, 0.3) is 0 Å². The van der Waals surface area contributed by atoms with Crippen molar-refractivity contribution < 1.29 is 4.79 Å². The molecule has 16 heavy (non-hydrogen) atoms. The molecule has 0 radical (unpaired) electrons. The zero-order chi connectivity index (χ0) is 11.7. The highest BCUT2D eigenvalue weighted by Crippen LogP contribution is 2.32. The Kier molecular flexibility index (Phi) is 3.41. The molecule has 0 aromatic carbocycles. The molecule has 0 spiro atoms. The van der Waals surface area contributed by atoms with Crippen LogP contribution in [0, 0.1) is 5.92 Å². The van der Waals surface area contributed by atoms with E-state index in [4.69, 9.17) is 0 Å². The van der Waals surface area contributed by atoms with Gasteiger partial charge in [0, 0.05) is 19.6 Å². The highest BCUT2D eigenvalue weighted by atomic mass is 16.2. The average molecular weight is 224 g/mol. The van der Waals surface area contributed by atoms with Crippen LogP contribution in [0.15, 0.2) is 0 Å². The second kappa shape index (κ2) is 4.64. The molecule has 1 heterocycles. The van der Waals surface area contributed by atoms with Gasteiger partial charge in [0.25, 0.3) is 0 Å². The summed E-state index contributed by atoms with van der Waals surface area (Å²) in [7, 11) is 1.98. The minimum atomic E-state index is 0.227. The smallest absolute Gasteiger partial charge is 0.320 e. The van der Waals surface area contributed by atoms with E-state index in [1.807, 2.05) is 16.8 Å². The number of likely N-dealkylation sites (N-methyl/N-ethyl adjacent to an activating group) is 1. The molecule has 3 nitrogen and oxygen atoms in total. The van der Waals surface area contributed by atoms with Crippen LogP contribution in [0.3, 0.4) is 0 Å². The van der Waals surface area contributed by atoms with Gasteiger partial charge in [0.2, 0.25) is 0 Å². The molecule has 1 aliphatic heterocycles. The van der Waals surface area contributed by atoms with Gasteiger partial charge in [-0.05, 0) is 32.6 Å². The van der Waals surface area contributed by atoms with E-state index in [0.29, 0.717) is 12.1 Å². The van der Waals surface area contributed by atoms with Crippen molar-refractivity contribution in [1.29, 1.82) is 0 Å². The van der Waals surface area contributed by atoms with E-state index in [-0.39, 0.29) is 6.03 Å². The van der Waals surface area contributed by atoms with Gasteiger partial charge in [-0.3, -0.25) is 0 Å². The van der Waals surface area contributed by atoms with Crippen molar-refractivity contribution in [3.8, 4) is 0 Å². The van der Waals surface area contributed by atoms with Crippen molar-refractivity contribution in [3.63, 3.8) is 0 Å². The van der Waals surface area contributed by atoms with Gasteiger partial charge in [0.1, 0.15) is 0 Å². The Balaban J connectivity index is 2.03. The summed E-state index contributed by atoms with van der Waals surface area (Å²) in [5.41, 5.74) is 0. The minimum absolute atomic E-state index is 0.227. The number of carbonyl (C=O) groups excluding carboxylic acids is 1. The van der Waals surface area contributed by atoms with Gasteiger partial charge < -0.3 is 9.80 Å². The molecule has 1 atom stereocenters. The third kappa shape index (κ3) is 2.04. The first-order chi connectivity index (χ1) is 7.61. The average Bonchev–Trinajstić information content (AvgIpc) is 2.58. The second-order valence-electron chi connectivity index (χ2n) is 5.61. The first kappa shape index (κ1) is 11.7. The summed E-state index contributed by atoms with van der Waals surface area (Å²) in [6.07, 6.45) is 6.72. The van der Waals surface area contributed by atoms with Gasteiger partial charge >= 0.3 is 6.03 Å². The number of rotatable bonds is 2. The fourth-order valence-corrected chi connectivity index (χ4v) is 3.16. The highest BCUT2D eigenvalue weighted by Gasteiger charge is 2.40. The zero-order valence-electron chi connectivity index (χ0n) is 10.8. The maximum Gasteiger partial charge on any atom is 0.320 e. The largest absolute Gasteiger partial charge is 0.323 e. The molecule has 2 amide bonds. The zero-order valence-corrected chi connectivity index (χ0v) is 10.8. The van der Waals surface area contributed by atoms with Crippen molar-refractivity contribution in [2.45, 2.75) is 58.0 Å². The van der Waals surface area contributed by atoms with Gasteiger partial charge in [-0.15, -0.1) is 0 Å². The summed E-state index contributed by atoms with van der Waals surface area (Å²) in [4.78, 5) is 16.0. The van der Waals surface area contributed by atoms with E-state index in [2.05, 4.69) is 13.8 Å². The molecule has 0 bridgehead atoms. The monoisotopic (exact) mass is 224 g/mol. The number of amides is 2. The van der Waals surface area contributed by atoms with Gasteiger partial charge in [0.05, 0.1) is 6.04 Å². The fourth-order valence-electron chi connectivity index (χ4n) is 3.16. The topological polar surface area (TPSA) is 23.6 Å². The minimum Gasteiger partial charge on any atom is -0.323 e. The molecule has 3 heteroatoms. The summed E-state index contributed by atoms with van der Waals surface area (Å²) >= 11 is 0. The highest BCUT2D eigenvalue weighted by molar-refractivity contribution is 5.77. The Bertz CT molecular complexity index is 259. The molecule has 2 rings (SSSR count). The third-order valence-corrected chi connectivity index (χ3v) is 4.25. The number of urea groups is 1. The normalized spacial score (nSPS) is 28.2. The third-order valence-electron chi connectivity index (χ3n) is 4.25. The van der Waals surface area contributed by atoms with E-state index in [9.17, 15) is 4.79 Å². The lowest BCUT2D eigenvalue weighted by atomic mass is 9.83. The van der Waals surface area contributed by atoms with Crippen LogP contribution in [-0.2, 0) is 0 Å². The van der Waals surface area contributed by atoms with Crippen molar-refractivity contribution in [1.82, 2.24) is 9.80 Å². The van der Waals surface area contributed by atoms with E-state index in [0.717, 1.165) is 12.5 Å². The molecule has 1 unspecified atom stereocenters. The molecule has 1 aliphatic carbocycles. The first-order valence-electron chi connectivity index (χ1n) is 6.64. The van der Waals surface area contributed by atoms with Crippen LogP contribution in [0.1, 0.15) is 46.0 Å². The molecular formula is C13H24N2O. The number of nitrogens with zero attached hydrogens (tertiary/aromatic N) is 2. The summed E-state index contributed by atoms with van der Waals surface area (Å²) in [5, 5.41) is 0. The summed E-state index contributed by atoms with van der Waals surface area (Å²) < 4.78 is 0. The van der Waals surface area contributed by atoms with Crippen molar-refractivity contribution in [2.75, 3.05) is 13.6 Å². The molecule has 0 aromatic heterocycles. The molecule has 92 valence electrons. The lowest BCUT2D eigenvalue weighted by Gasteiger charge is -2.30. The van der Waals surface area contributed by atoms with Gasteiger partial charge in [-0.1, -0.05) is 19.3 Å². The quantitative estimate of drug-likeness (QED) is 0.707. The van der Waals surface area contributed by atoms with Crippen LogP contribution in [-0.4, -0.2) is 41.5 Å². The van der Waals surface area contributed by atoms with Gasteiger partial charge in [-0.2, -0.15) is 0 Å². The summed E-state index contributed by atoms with van der Waals surface area (Å²) in [6, 6.07) is 1.03. The Morgan fingerprint density at radius 3 is 2.31 bits per heavy atom. The Labute approximate surface area is 98.8 Å². The molecule has 1 saturated heterocycles. The van der Waals surface area contributed by atoms with E-state index in [1.165, 1.54) is 32.1 Å². The fraction of sp³-hybridized carbons (Fsp3) is 0.923. The summed E-state index contributed by atoms with van der Waals surface area (Å²) in [6.45, 7) is 5.15. The Morgan fingerprint density at radius 2 is 1.81 bits per heavy atom. The molecule has 0 N–H and O–H groups in total. The van der Waals surface area contributed by atoms with Gasteiger partial charge in [0.15, 0.2) is 0 Å². The van der Waals surface area contributed by atoms with Gasteiger partial charge in [-0.25, -0.2) is 4.79 Å². The lowest BCUT2D eigenvalue weighted by molar-refractivity contribution is 0.177. The van der Waals surface area contributed by atoms with E-state index >= 15 is 0 Å². The molecule has 2 fully saturated rings. The number of carbonyl (C=O) groups is 1. The van der Waals surface area contributed by atoms with Crippen molar-refractivity contribution >= 4 is 6.03 Å². The number of hydrogen-bond donors (Lipinski definition) is 0. The van der Waals surface area contributed by atoms with Crippen LogP contribution < -0.4 is 0 Å². The van der Waals surface area contributed by atoms with Crippen molar-refractivity contribution in [2.24, 2.45) is 5.92 Å². The summed E-state index contributed by atoms with van der Waals surface area (Å²) in [5.74, 6) is 0.742.